The topological polar surface area (TPSA) is 39.6 Å². The third kappa shape index (κ3) is 3.25. The van der Waals surface area contributed by atoms with Crippen molar-refractivity contribution in [3.63, 3.8) is 0 Å². The molecule has 1 aliphatic rings. The lowest BCUT2D eigenvalue weighted by molar-refractivity contribution is 0.173. The summed E-state index contributed by atoms with van der Waals surface area (Å²) in [5.74, 6) is 1.07. The highest BCUT2D eigenvalue weighted by atomic mass is 16.3. The molecular weight excluding hydrogens is 238 g/mol. The number of pyridine rings is 1. The van der Waals surface area contributed by atoms with Crippen LogP contribution in [-0.4, -0.2) is 47.7 Å². The smallest absolute Gasteiger partial charge is 0.131 e. The molecule has 1 aromatic rings. The molecule has 0 spiro atoms. The maximum atomic E-state index is 9.86. The van der Waals surface area contributed by atoms with E-state index in [0.29, 0.717) is 0 Å². The third-order valence-corrected chi connectivity index (χ3v) is 3.96. The zero-order chi connectivity index (χ0) is 13.8. The van der Waals surface area contributed by atoms with Crippen LogP contribution in [0.15, 0.2) is 12.3 Å². The second kappa shape index (κ2) is 6.35. The van der Waals surface area contributed by atoms with E-state index in [9.17, 15) is 5.11 Å². The molecule has 4 nitrogen and oxygen atoms in total. The van der Waals surface area contributed by atoms with Gasteiger partial charge in [0, 0.05) is 32.4 Å². The van der Waals surface area contributed by atoms with Gasteiger partial charge in [0.1, 0.15) is 5.82 Å². The second-order valence-electron chi connectivity index (χ2n) is 5.25. The van der Waals surface area contributed by atoms with Gasteiger partial charge >= 0.3 is 0 Å². The van der Waals surface area contributed by atoms with Crippen LogP contribution in [0, 0.1) is 6.92 Å². The molecule has 1 fully saturated rings. The number of hydrogen-bond acceptors (Lipinski definition) is 4. The predicted octanol–water partition coefficient (Wildman–Crippen LogP) is 1.98. The number of rotatable bonds is 4. The van der Waals surface area contributed by atoms with Gasteiger partial charge in [-0.25, -0.2) is 4.98 Å². The lowest BCUT2D eigenvalue weighted by Gasteiger charge is -2.35. The molecule has 0 aromatic carbocycles. The summed E-state index contributed by atoms with van der Waals surface area (Å²) in [6, 6.07) is 2.07. The van der Waals surface area contributed by atoms with Gasteiger partial charge in [0.2, 0.25) is 0 Å². The average Bonchev–Trinajstić information content (AvgIpc) is 2.46. The molecule has 0 unspecified atom stereocenters. The molecule has 1 atom stereocenters. The first kappa shape index (κ1) is 14.3. The second-order valence-corrected chi connectivity index (χ2v) is 5.25. The predicted molar refractivity (Wildman–Crippen MR) is 78.6 cm³/mol. The molecule has 1 N–H and O–H groups in total. The van der Waals surface area contributed by atoms with Crippen molar-refractivity contribution in [3.05, 3.63) is 23.4 Å². The summed E-state index contributed by atoms with van der Waals surface area (Å²) in [7, 11) is 0. The Morgan fingerprint density at radius 2 is 1.95 bits per heavy atom. The lowest BCUT2D eigenvalue weighted by atomic mass is 10.1. The number of aliphatic hydroxyl groups excluding tert-OH is 1. The Hall–Kier alpha value is -1.13. The van der Waals surface area contributed by atoms with E-state index < -0.39 is 6.10 Å². The summed E-state index contributed by atoms with van der Waals surface area (Å²) in [5.41, 5.74) is 2.09. The van der Waals surface area contributed by atoms with E-state index in [2.05, 4.69) is 34.7 Å². The van der Waals surface area contributed by atoms with Crippen LogP contribution in [0.5, 0.6) is 0 Å². The maximum Gasteiger partial charge on any atom is 0.131 e. The molecule has 0 aliphatic carbocycles. The zero-order valence-electron chi connectivity index (χ0n) is 12.3. The standard InChI is InChI=1S/C15H25N3O/c1-4-14(19)13-10-12(3)15(16-11-13)18-8-6-17(5-2)7-9-18/h10-11,14,19H,4-9H2,1-3H3/t14-/m0/s1. The van der Waals surface area contributed by atoms with Gasteiger partial charge < -0.3 is 14.9 Å². The van der Waals surface area contributed by atoms with Gasteiger partial charge in [-0.2, -0.15) is 0 Å². The number of anilines is 1. The monoisotopic (exact) mass is 263 g/mol. The van der Waals surface area contributed by atoms with E-state index in [1.54, 1.807) is 0 Å². The van der Waals surface area contributed by atoms with Crippen molar-refractivity contribution < 1.29 is 5.11 Å². The number of nitrogens with zero attached hydrogens (tertiary/aromatic N) is 3. The quantitative estimate of drug-likeness (QED) is 0.901. The van der Waals surface area contributed by atoms with Crippen LogP contribution in [0.4, 0.5) is 5.82 Å². The van der Waals surface area contributed by atoms with E-state index in [0.717, 1.165) is 56.1 Å². The van der Waals surface area contributed by atoms with Crippen LogP contribution in [0.25, 0.3) is 0 Å². The van der Waals surface area contributed by atoms with Crippen molar-refractivity contribution in [3.8, 4) is 0 Å². The first-order valence-electron chi connectivity index (χ1n) is 7.27. The van der Waals surface area contributed by atoms with Crippen LogP contribution >= 0.6 is 0 Å². The number of hydrogen-bond donors (Lipinski definition) is 1. The summed E-state index contributed by atoms with van der Waals surface area (Å²) in [4.78, 5) is 9.38. The fourth-order valence-corrected chi connectivity index (χ4v) is 2.61. The number of likely N-dealkylation sites (N-methyl/N-ethyl adjacent to an activating group) is 1. The molecule has 1 aromatic heterocycles. The van der Waals surface area contributed by atoms with Crippen molar-refractivity contribution in [1.82, 2.24) is 9.88 Å². The summed E-state index contributed by atoms with van der Waals surface area (Å²) in [6.07, 6.45) is 2.16. The highest BCUT2D eigenvalue weighted by molar-refractivity contribution is 5.48. The highest BCUT2D eigenvalue weighted by Gasteiger charge is 2.18. The molecule has 0 bridgehead atoms. The molecule has 1 aliphatic heterocycles. The van der Waals surface area contributed by atoms with E-state index in [4.69, 9.17) is 0 Å². The third-order valence-electron chi connectivity index (χ3n) is 3.96. The SMILES string of the molecule is CC[C@H](O)c1cnc(N2CCN(CC)CC2)c(C)c1. The van der Waals surface area contributed by atoms with Crippen LogP contribution in [-0.2, 0) is 0 Å². The largest absolute Gasteiger partial charge is 0.388 e. The molecular formula is C15H25N3O. The lowest BCUT2D eigenvalue weighted by Crippen LogP contribution is -2.46. The normalized spacial score (nSPS) is 18.6. The van der Waals surface area contributed by atoms with Crippen molar-refractivity contribution >= 4 is 5.82 Å². The molecule has 0 saturated carbocycles. The van der Waals surface area contributed by atoms with E-state index in [-0.39, 0.29) is 0 Å². The number of aliphatic hydroxyl groups is 1. The van der Waals surface area contributed by atoms with Gasteiger partial charge in [-0.15, -0.1) is 0 Å². The number of piperazine rings is 1. The highest BCUT2D eigenvalue weighted by Crippen LogP contribution is 2.23. The zero-order valence-corrected chi connectivity index (χ0v) is 12.3. The summed E-state index contributed by atoms with van der Waals surface area (Å²) < 4.78 is 0. The molecule has 4 heteroatoms. The summed E-state index contributed by atoms with van der Waals surface area (Å²) >= 11 is 0. The minimum atomic E-state index is -0.391. The van der Waals surface area contributed by atoms with Crippen LogP contribution < -0.4 is 4.90 Å². The fourth-order valence-electron chi connectivity index (χ4n) is 2.61. The summed E-state index contributed by atoms with van der Waals surface area (Å²) in [6.45, 7) is 11.7. The number of aryl methyl sites for hydroxylation is 1. The van der Waals surface area contributed by atoms with E-state index >= 15 is 0 Å². The van der Waals surface area contributed by atoms with Crippen LogP contribution in [0.3, 0.4) is 0 Å². The molecule has 19 heavy (non-hydrogen) atoms. The molecule has 0 amide bonds. The fraction of sp³-hybridized carbons (Fsp3) is 0.667. The Labute approximate surface area is 116 Å². The molecule has 1 saturated heterocycles. The Morgan fingerprint density at radius 3 is 2.47 bits per heavy atom. The van der Waals surface area contributed by atoms with Gasteiger partial charge in [0.15, 0.2) is 0 Å². The minimum absolute atomic E-state index is 0.391. The van der Waals surface area contributed by atoms with Gasteiger partial charge in [-0.05, 0) is 37.1 Å². The van der Waals surface area contributed by atoms with Crippen molar-refractivity contribution in [2.24, 2.45) is 0 Å². The van der Waals surface area contributed by atoms with E-state index in [1.807, 2.05) is 13.1 Å². The van der Waals surface area contributed by atoms with Crippen molar-refractivity contribution in [2.45, 2.75) is 33.3 Å². The van der Waals surface area contributed by atoms with Crippen molar-refractivity contribution in [2.75, 3.05) is 37.6 Å². The van der Waals surface area contributed by atoms with Gasteiger partial charge in [0.05, 0.1) is 6.10 Å². The molecule has 0 radical (unpaired) electrons. The van der Waals surface area contributed by atoms with Crippen LogP contribution in [0.2, 0.25) is 0 Å². The Balaban J connectivity index is 2.09. The van der Waals surface area contributed by atoms with E-state index in [1.165, 1.54) is 0 Å². The number of aromatic nitrogens is 1. The van der Waals surface area contributed by atoms with Crippen molar-refractivity contribution in [1.29, 1.82) is 0 Å². The van der Waals surface area contributed by atoms with Gasteiger partial charge in [0.25, 0.3) is 0 Å². The Morgan fingerprint density at radius 1 is 1.26 bits per heavy atom. The average molecular weight is 263 g/mol. The molecule has 106 valence electrons. The van der Waals surface area contributed by atoms with Gasteiger partial charge in [-0.1, -0.05) is 13.8 Å². The molecule has 2 rings (SSSR count). The van der Waals surface area contributed by atoms with Gasteiger partial charge in [-0.3, -0.25) is 0 Å². The first-order valence-corrected chi connectivity index (χ1v) is 7.27. The first-order chi connectivity index (χ1) is 9.15. The van der Waals surface area contributed by atoms with Crippen LogP contribution in [0.1, 0.15) is 37.5 Å². The minimum Gasteiger partial charge on any atom is -0.388 e. The Kier molecular flexibility index (Phi) is 4.77. The Bertz CT molecular complexity index is 414. The molecule has 2 heterocycles. The summed E-state index contributed by atoms with van der Waals surface area (Å²) in [5, 5.41) is 9.86. The maximum absolute atomic E-state index is 9.86.